The summed E-state index contributed by atoms with van der Waals surface area (Å²) in [5, 5.41) is 11.9. The molecule has 1 heterocycles. The number of hydrogen-bond donors (Lipinski definition) is 2. The molecule has 2 aromatic rings. The standard InChI is InChI=1S/C12H10BrN3O2/c1-7-14-10(12(17)18)6-11(15-7)16-9-4-2-8(13)3-5-9/h2-6H,1H3,(H,17,18)(H,14,15,16). The zero-order chi connectivity index (χ0) is 13.1. The second-order valence-corrected chi connectivity index (χ2v) is 4.54. The molecule has 0 unspecified atom stereocenters. The number of aromatic nitrogens is 2. The van der Waals surface area contributed by atoms with Crippen molar-refractivity contribution in [1.82, 2.24) is 9.97 Å². The number of nitrogens with one attached hydrogen (secondary N) is 1. The molecule has 92 valence electrons. The van der Waals surface area contributed by atoms with E-state index in [4.69, 9.17) is 5.11 Å². The Balaban J connectivity index is 2.28. The van der Waals surface area contributed by atoms with Gasteiger partial charge in [0.2, 0.25) is 0 Å². The van der Waals surface area contributed by atoms with Crippen molar-refractivity contribution in [2.45, 2.75) is 6.92 Å². The topological polar surface area (TPSA) is 75.1 Å². The molecule has 6 heteroatoms. The van der Waals surface area contributed by atoms with E-state index in [-0.39, 0.29) is 5.69 Å². The number of anilines is 2. The molecule has 0 saturated carbocycles. The molecule has 2 rings (SSSR count). The van der Waals surface area contributed by atoms with Crippen LogP contribution in [0.4, 0.5) is 11.5 Å². The number of halogens is 1. The van der Waals surface area contributed by atoms with Gasteiger partial charge in [0.1, 0.15) is 11.6 Å². The minimum Gasteiger partial charge on any atom is -0.477 e. The highest BCUT2D eigenvalue weighted by Gasteiger charge is 2.08. The Labute approximate surface area is 112 Å². The monoisotopic (exact) mass is 307 g/mol. The maximum absolute atomic E-state index is 10.9. The molecule has 0 radical (unpaired) electrons. The minimum atomic E-state index is -1.07. The molecule has 18 heavy (non-hydrogen) atoms. The number of aryl methyl sites for hydroxylation is 1. The van der Waals surface area contributed by atoms with Crippen molar-refractivity contribution < 1.29 is 9.90 Å². The van der Waals surface area contributed by atoms with Crippen molar-refractivity contribution in [2.75, 3.05) is 5.32 Å². The SMILES string of the molecule is Cc1nc(Nc2ccc(Br)cc2)cc(C(=O)O)n1. The van der Waals surface area contributed by atoms with Gasteiger partial charge in [0.05, 0.1) is 0 Å². The quantitative estimate of drug-likeness (QED) is 0.911. The first-order valence-electron chi connectivity index (χ1n) is 5.16. The van der Waals surface area contributed by atoms with E-state index in [9.17, 15) is 4.79 Å². The van der Waals surface area contributed by atoms with Crippen LogP contribution < -0.4 is 5.32 Å². The second-order valence-electron chi connectivity index (χ2n) is 3.62. The molecule has 5 nitrogen and oxygen atoms in total. The van der Waals surface area contributed by atoms with E-state index in [1.54, 1.807) is 6.92 Å². The van der Waals surface area contributed by atoms with Crippen molar-refractivity contribution in [3.63, 3.8) is 0 Å². The number of rotatable bonds is 3. The number of nitrogens with zero attached hydrogens (tertiary/aromatic N) is 2. The molecule has 0 amide bonds. The Hall–Kier alpha value is -1.95. The number of aromatic carboxylic acids is 1. The van der Waals surface area contributed by atoms with Crippen LogP contribution in [0.15, 0.2) is 34.8 Å². The molecule has 1 aromatic heterocycles. The molecule has 0 aliphatic heterocycles. The number of carboxylic acid groups (broad SMARTS) is 1. The normalized spacial score (nSPS) is 10.1. The predicted molar refractivity (Wildman–Crippen MR) is 71.2 cm³/mol. The van der Waals surface area contributed by atoms with Crippen molar-refractivity contribution in [3.05, 3.63) is 46.3 Å². The molecule has 1 aromatic carbocycles. The van der Waals surface area contributed by atoms with Gasteiger partial charge >= 0.3 is 5.97 Å². The first-order chi connectivity index (χ1) is 8.54. The van der Waals surface area contributed by atoms with Crippen molar-refractivity contribution >= 4 is 33.4 Å². The molecule has 0 spiro atoms. The van der Waals surface area contributed by atoms with Gasteiger partial charge in [-0.2, -0.15) is 0 Å². The highest BCUT2D eigenvalue weighted by atomic mass is 79.9. The van der Waals surface area contributed by atoms with Gasteiger partial charge in [-0.25, -0.2) is 14.8 Å². The summed E-state index contributed by atoms with van der Waals surface area (Å²) in [6.45, 7) is 1.65. The van der Waals surface area contributed by atoms with Crippen LogP contribution >= 0.6 is 15.9 Å². The van der Waals surface area contributed by atoms with Crippen LogP contribution in [-0.2, 0) is 0 Å². The summed E-state index contributed by atoms with van der Waals surface area (Å²) < 4.78 is 0.971. The third-order valence-corrected chi connectivity index (χ3v) is 2.70. The van der Waals surface area contributed by atoms with Gasteiger partial charge in [0, 0.05) is 16.2 Å². The van der Waals surface area contributed by atoms with Crippen LogP contribution in [-0.4, -0.2) is 21.0 Å². The number of benzene rings is 1. The molecule has 2 N–H and O–H groups in total. The molecule has 0 fully saturated rings. The third-order valence-electron chi connectivity index (χ3n) is 2.17. The van der Waals surface area contributed by atoms with Crippen LogP contribution in [0.3, 0.4) is 0 Å². The van der Waals surface area contributed by atoms with Crippen molar-refractivity contribution in [2.24, 2.45) is 0 Å². The van der Waals surface area contributed by atoms with Gasteiger partial charge in [-0.15, -0.1) is 0 Å². The highest BCUT2D eigenvalue weighted by molar-refractivity contribution is 9.10. The smallest absolute Gasteiger partial charge is 0.354 e. The fourth-order valence-electron chi connectivity index (χ4n) is 1.42. The first-order valence-corrected chi connectivity index (χ1v) is 5.95. The lowest BCUT2D eigenvalue weighted by atomic mass is 10.3. The summed E-state index contributed by atoms with van der Waals surface area (Å²) in [7, 11) is 0. The van der Waals surface area contributed by atoms with Crippen LogP contribution in [0.1, 0.15) is 16.3 Å². The fourth-order valence-corrected chi connectivity index (χ4v) is 1.69. The van der Waals surface area contributed by atoms with E-state index in [0.29, 0.717) is 11.6 Å². The van der Waals surface area contributed by atoms with Crippen LogP contribution in [0, 0.1) is 6.92 Å². The lowest BCUT2D eigenvalue weighted by molar-refractivity contribution is 0.0690. The molecule has 0 bridgehead atoms. The Morgan fingerprint density at radius 3 is 2.56 bits per heavy atom. The van der Waals surface area contributed by atoms with Gasteiger partial charge in [-0.1, -0.05) is 15.9 Å². The molecule has 0 aliphatic carbocycles. The Morgan fingerprint density at radius 1 is 1.28 bits per heavy atom. The summed E-state index contributed by atoms with van der Waals surface area (Å²) in [6, 6.07) is 8.89. The van der Waals surface area contributed by atoms with E-state index in [0.717, 1.165) is 10.2 Å². The summed E-state index contributed by atoms with van der Waals surface area (Å²) in [4.78, 5) is 18.8. The van der Waals surface area contributed by atoms with Crippen LogP contribution in [0.5, 0.6) is 0 Å². The summed E-state index contributed by atoms with van der Waals surface area (Å²) in [6.07, 6.45) is 0. The van der Waals surface area contributed by atoms with Gasteiger partial charge in [-0.05, 0) is 31.2 Å². The lowest BCUT2D eigenvalue weighted by Crippen LogP contribution is -2.05. The Bertz CT molecular complexity index is 584. The van der Waals surface area contributed by atoms with Crippen LogP contribution in [0.2, 0.25) is 0 Å². The predicted octanol–water partition coefficient (Wildman–Crippen LogP) is 2.99. The van der Waals surface area contributed by atoms with E-state index in [2.05, 4.69) is 31.2 Å². The molecular formula is C12H10BrN3O2. The van der Waals surface area contributed by atoms with Gasteiger partial charge in [0.25, 0.3) is 0 Å². The van der Waals surface area contributed by atoms with E-state index < -0.39 is 5.97 Å². The maximum atomic E-state index is 10.9. The molecule has 0 saturated heterocycles. The Kier molecular flexibility index (Phi) is 3.57. The number of carbonyl (C=O) groups is 1. The first kappa shape index (κ1) is 12.5. The molecule has 0 atom stereocenters. The summed E-state index contributed by atoms with van der Waals surface area (Å²) >= 11 is 3.34. The second kappa shape index (κ2) is 5.14. The summed E-state index contributed by atoms with van der Waals surface area (Å²) in [5.41, 5.74) is 0.801. The zero-order valence-electron chi connectivity index (χ0n) is 9.51. The maximum Gasteiger partial charge on any atom is 0.354 e. The summed E-state index contributed by atoms with van der Waals surface area (Å²) in [5.74, 6) is -0.198. The van der Waals surface area contributed by atoms with E-state index in [1.807, 2.05) is 24.3 Å². The fraction of sp³-hybridized carbons (Fsp3) is 0.0833. The number of carboxylic acids is 1. The van der Waals surface area contributed by atoms with Crippen molar-refractivity contribution in [3.8, 4) is 0 Å². The van der Waals surface area contributed by atoms with E-state index >= 15 is 0 Å². The third kappa shape index (κ3) is 3.04. The Morgan fingerprint density at radius 2 is 1.94 bits per heavy atom. The van der Waals surface area contributed by atoms with E-state index in [1.165, 1.54) is 6.07 Å². The largest absolute Gasteiger partial charge is 0.477 e. The highest BCUT2D eigenvalue weighted by Crippen LogP contribution is 2.18. The molecular weight excluding hydrogens is 298 g/mol. The number of hydrogen-bond acceptors (Lipinski definition) is 4. The average Bonchev–Trinajstić information content (AvgIpc) is 2.31. The zero-order valence-corrected chi connectivity index (χ0v) is 11.1. The van der Waals surface area contributed by atoms with Crippen LogP contribution in [0.25, 0.3) is 0 Å². The van der Waals surface area contributed by atoms with Gasteiger partial charge < -0.3 is 10.4 Å². The lowest BCUT2D eigenvalue weighted by Gasteiger charge is -2.07. The van der Waals surface area contributed by atoms with Gasteiger partial charge in [0.15, 0.2) is 5.69 Å². The minimum absolute atomic E-state index is 0.0258. The van der Waals surface area contributed by atoms with Crippen molar-refractivity contribution in [1.29, 1.82) is 0 Å². The van der Waals surface area contributed by atoms with Gasteiger partial charge in [-0.3, -0.25) is 0 Å². The average molecular weight is 308 g/mol. The molecule has 0 aliphatic rings.